The second-order valence-electron chi connectivity index (χ2n) is 9.75. The summed E-state index contributed by atoms with van der Waals surface area (Å²) in [7, 11) is 0. The summed E-state index contributed by atoms with van der Waals surface area (Å²) in [5, 5.41) is 2.21. The zero-order chi connectivity index (χ0) is 26.0. The first-order valence-electron chi connectivity index (χ1n) is 11.7. The average Bonchev–Trinajstić information content (AvgIpc) is 2.84. The lowest BCUT2D eigenvalue weighted by Crippen LogP contribution is -2.70. The van der Waals surface area contributed by atoms with Crippen molar-refractivity contribution in [3.8, 4) is 0 Å². The van der Waals surface area contributed by atoms with Crippen molar-refractivity contribution in [3.05, 3.63) is 95.2 Å². The molecule has 1 saturated heterocycles. The number of ether oxygens (including phenoxy) is 2. The fourth-order valence-corrected chi connectivity index (χ4v) is 5.57. The molecule has 2 heterocycles. The minimum atomic E-state index is -0.793. The lowest BCUT2D eigenvalue weighted by molar-refractivity contribution is -0.153. The van der Waals surface area contributed by atoms with Crippen molar-refractivity contribution in [3.63, 3.8) is 0 Å². The van der Waals surface area contributed by atoms with Crippen molar-refractivity contribution in [2.24, 2.45) is 0 Å². The molecule has 0 radical (unpaired) electrons. The quantitative estimate of drug-likeness (QED) is 0.441. The molecule has 0 aliphatic carbocycles. The molecular weight excluding hydrogens is 476 g/mol. The van der Waals surface area contributed by atoms with Crippen LogP contribution in [0.4, 0.5) is 4.79 Å². The summed E-state index contributed by atoms with van der Waals surface area (Å²) >= 11 is 1.46. The summed E-state index contributed by atoms with van der Waals surface area (Å²) in [6.07, 6.45) is -1.33. The number of amides is 2. The Bertz CT molecular complexity index is 1160. The number of hydrogen-bond acceptors (Lipinski definition) is 6. The molecule has 0 saturated carbocycles. The molecular formula is C28H30N2O5S. The highest BCUT2D eigenvalue weighted by Gasteiger charge is 2.55. The van der Waals surface area contributed by atoms with Crippen LogP contribution >= 0.6 is 11.8 Å². The standard InChI is InChI=1S/C28H30N2O5S/c1-17(2)20-16-36-25-21(29-27(33)35-28(3,4)5)24(31)30(25)22(20)26(32)34-23(18-12-8-6-9-13-18)19-14-10-7-11-15-19/h6-15,21,23,25H,1,16H2,2-5H3,(H,29,33)/t21-,25-/m1/s1. The van der Waals surface area contributed by atoms with Crippen LogP contribution in [0.3, 0.4) is 0 Å². The van der Waals surface area contributed by atoms with Gasteiger partial charge in [-0.25, -0.2) is 9.59 Å². The first-order chi connectivity index (χ1) is 17.1. The summed E-state index contributed by atoms with van der Waals surface area (Å²) in [5.41, 5.74) is 2.45. The van der Waals surface area contributed by atoms with E-state index in [9.17, 15) is 14.4 Å². The number of β-lactam (4-membered cyclic amide) rings is 1. The maximum absolute atomic E-state index is 13.7. The minimum absolute atomic E-state index is 0.176. The first-order valence-corrected chi connectivity index (χ1v) is 12.8. The van der Waals surface area contributed by atoms with E-state index >= 15 is 0 Å². The molecule has 2 aromatic carbocycles. The number of nitrogens with one attached hydrogen (secondary N) is 1. The molecule has 8 heteroatoms. The van der Waals surface area contributed by atoms with Crippen LogP contribution in [-0.4, -0.2) is 45.6 Å². The highest BCUT2D eigenvalue weighted by Crippen LogP contribution is 2.43. The maximum atomic E-state index is 13.7. The lowest BCUT2D eigenvalue weighted by Gasteiger charge is -2.49. The van der Waals surface area contributed by atoms with Crippen LogP contribution in [0.2, 0.25) is 0 Å². The zero-order valence-electron chi connectivity index (χ0n) is 20.8. The molecule has 7 nitrogen and oxygen atoms in total. The monoisotopic (exact) mass is 506 g/mol. The van der Waals surface area contributed by atoms with Gasteiger partial charge in [0.15, 0.2) is 6.10 Å². The van der Waals surface area contributed by atoms with Gasteiger partial charge in [0.05, 0.1) is 0 Å². The number of thioether (sulfide) groups is 1. The van der Waals surface area contributed by atoms with Crippen LogP contribution in [0, 0.1) is 0 Å². The molecule has 4 rings (SSSR count). The lowest BCUT2D eigenvalue weighted by atomic mass is 9.99. The van der Waals surface area contributed by atoms with Gasteiger partial charge in [-0.1, -0.05) is 72.8 Å². The van der Waals surface area contributed by atoms with E-state index in [1.807, 2.05) is 60.7 Å². The Morgan fingerprint density at radius 1 is 1.06 bits per heavy atom. The summed E-state index contributed by atoms with van der Waals surface area (Å²) in [6.45, 7) is 11.1. The highest BCUT2D eigenvalue weighted by atomic mass is 32.2. The number of allylic oxidation sites excluding steroid dienone is 1. The third kappa shape index (κ3) is 5.33. The predicted molar refractivity (Wildman–Crippen MR) is 139 cm³/mol. The summed E-state index contributed by atoms with van der Waals surface area (Å²) in [4.78, 5) is 40.6. The van der Waals surface area contributed by atoms with Gasteiger partial charge in [0.2, 0.25) is 0 Å². The van der Waals surface area contributed by atoms with Crippen LogP contribution < -0.4 is 5.32 Å². The van der Waals surface area contributed by atoms with Gasteiger partial charge in [-0.3, -0.25) is 9.69 Å². The number of carbonyl (C=O) groups excluding carboxylic acids is 3. The molecule has 0 bridgehead atoms. The number of alkyl carbamates (subject to hydrolysis) is 1. The molecule has 2 aliphatic rings. The van der Waals surface area contributed by atoms with Crippen LogP contribution in [0.1, 0.15) is 44.9 Å². The Hall–Kier alpha value is -3.52. The van der Waals surface area contributed by atoms with E-state index in [2.05, 4.69) is 11.9 Å². The minimum Gasteiger partial charge on any atom is -0.448 e. The van der Waals surface area contributed by atoms with Crippen molar-refractivity contribution in [2.45, 2.75) is 50.8 Å². The molecule has 188 valence electrons. The summed E-state index contributed by atoms with van der Waals surface area (Å²) in [6, 6.07) is 18.1. The molecule has 1 N–H and O–H groups in total. The Morgan fingerprint density at radius 2 is 1.61 bits per heavy atom. The number of carbonyl (C=O) groups is 3. The second kappa shape index (κ2) is 10.2. The van der Waals surface area contributed by atoms with E-state index in [0.717, 1.165) is 11.1 Å². The Morgan fingerprint density at radius 3 is 2.11 bits per heavy atom. The molecule has 2 aromatic rings. The SMILES string of the molecule is C=C(C)C1=C(C(=O)OC(c2ccccc2)c2ccccc2)N2C(=O)[C@@H](NC(=O)OC(C)(C)C)[C@H]2SC1. The highest BCUT2D eigenvalue weighted by molar-refractivity contribution is 8.00. The molecule has 2 aliphatic heterocycles. The van der Waals surface area contributed by atoms with Gasteiger partial charge >= 0.3 is 12.1 Å². The third-order valence-electron chi connectivity index (χ3n) is 5.78. The summed E-state index contributed by atoms with van der Waals surface area (Å²) < 4.78 is 11.4. The number of fused-ring (bicyclic) bond motifs is 1. The van der Waals surface area contributed by atoms with E-state index in [1.165, 1.54) is 16.7 Å². The molecule has 0 aromatic heterocycles. The third-order valence-corrected chi connectivity index (χ3v) is 7.06. The molecule has 1 fully saturated rings. The predicted octanol–water partition coefficient (Wildman–Crippen LogP) is 4.96. The molecule has 36 heavy (non-hydrogen) atoms. The van der Waals surface area contributed by atoms with Crippen LogP contribution in [0.15, 0.2) is 84.1 Å². The van der Waals surface area contributed by atoms with E-state index in [1.54, 1.807) is 27.7 Å². The van der Waals surface area contributed by atoms with Crippen LogP contribution in [0.5, 0.6) is 0 Å². The normalized spacial score (nSPS) is 19.4. The topological polar surface area (TPSA) is 84.9 Å². The number of nitrogens with zero attached hydrogens (tertiary/aromatic N) is 1. The van der Waals surface area contributed by atoms with Gasteiger partial charge in [0.25, 0.3) is 5.91 Å². The van der Waals surface area contributed by atoms with Gasteiger partial charge in [0.1, 0.15) is 22.7 Å². The number of esters is 1. The largest absolute Gasteiger partial charge is 0.448 e. The van der Waals surface area contributed by atoms with Crippen molar-refractivity contribution in [1.29, 1.82) is 0 Å². The van der Waals surface area contributed by atoms with E-state index in [0.29, 0.717) is 16.9 Å². The van der Waals surface area contributed by atoms with Crippen molar-refractivity contribution in [1.82, 2.24) is 10.2 Å². The van der Waals surface area contributed by atoms with Gasteiger partial charge < -0.3 is 14.8 Å². The fraction of sp³-hybridized carbons (Fsp3) is 0.321. The number of rotatable bonds is 6. The molecule has 2 atom stereocenters. The molecule has 0 unspecified atom stereocenters. The van der Waals surface area contributed by atoms with Gasteiger partial charge in [-0.15, -0.1) is 11.8 Å². The van der Waals surface area contributed by atoms with Crippen LogP contribution in [0.25, 0.3) is 0 Å². The Balaban J connectivity index is 1.61. The van der Waals surface area contributed by atoms with E-state index in [4.69, 9.17) is 9.47 Å². The number of hydrogen-bond donors (Lipinski definition) is 1. The van der Waals surface area contributed by atoms with Crippen LogP contribution in [-0.2, 0) is 19.1 Å². The number of benzene rings is 2. The zero-order valence-corrected chi connectivity index (χ0v) is 21.6. The molecule has 0 spiro atoms. The van der Waals surface area contributed by atoms with Crippen molar-refractivity contribution >= 4 is 29.7 Å². The van der Waals surface area contributed by atoms with E-state index < -0.39 is 35.2 Å². The maximum Gasteiger partial charge on any atom is 0.408 e. The van der Waals surface area contributed by atoms with Crippen molar-refractivity contribution < 1.29 is 23.9 Å². The summed E-state index contributed by atoms with van der Waals surface area (Å²) in [5.74, 6) is -0.540. The van der Waals surface area contributed by atoms with Gasteiger partial charge in [-0.2, -0.15) is 0 Å². The van der Waals surface area contributed by atoms with Gasteiger partial charge in [-0.05, 0) is 44.4 Å². The second-order valence-corrected chi connectivity index (χ2v) is 10.9. The Kier molecular flexibility index (Phi) is 7.26. The fourth-order valence-electron chi connectivity index (χ4n) is 4.12. The first kappa shape index (κ1) is 25.6. The van der Waals surface area contributed by atoms with Crippen molar-refractivity contribution in [2.75, 3.05) is 5.75 Å². The van der Waals surface area contributed by atoms with Gasteiger partial charge in [0, 0.05) is 5.75 Å². The average molecular weight is 507 g/mol. The Labute approximate surface area is 215 Å². The van der Waals surface area contributed by atoms with E-state index in [-0.39, 0.29) is 11.6 Å². The molecule has 2 amide bonds. The smallest absolute Gasteiger partial charge is 0.408 e.